The lowest BCUT2D eigenvalue weighted by Crippen LogP contribution is -2.14. The van der Waals surface area contributed by atoms with Crippen LogP contribution in [0.2, 0.25) is 0 Å². The first-order chi connectivity index (χ1) is 7.65. The predicted molar refractivity (Wildman–Crippen MR) is 66.6 cm³/mol. The number of carbonyl (C=O) groups is 1. The summed E-state index contributed by atoms with van der Waals surface area (Å²) in [6.07, 6.45) is 2.07. The normalized spacial score (nSPS) is 14.9. The van der Waals surface area contributed by atoms with Crippen molar-refractivity contribution in [3.05, 3.63) is 24.3 Å². The van der Waals surface area contributed by atoms with Gasteiger partial charge in [0.25, 0.3) is 0 Å². The minimum Gasteiger partial charge on any atom is -0.383 e. The van der Waals surface area contributed by atoms with Crippen LogP contribution in [-0.4, -0.2) is 11.9 Å². The summed E-state index contributed by atoms with van der Waals surface area (Å²) in [6.45, 7) is 4.19. The van der Waals surface area contributed by atoms with Crippen LogP contribution in [0.5, 0.6) is 0 Å². The van der Waals surface area contributed by atoms with Crippen LogP contribution in [0.4, 0.5) is 11.4 Å². The van der Waals surface area contributed by atoms with Gasteiger partial charge in [-0.15, -0.1) is 0 Å². The Morgan fingerprint density at radius 3 is 2.62 bits per heavy atom. The highest BCUT2D eigenvalue weighted by Gasteiger charge is 2.29. The molecule has 0 aromatic heterocycles. The fourth-order valence-electron chi connectivity index (χ4n) is 1.61. The molecule has 0 saturated heterocycles. The third-order valence-electron chi connectivity index (χ3n) is 2.53. The van der Waals surface area contributed by atoms with Crippen LogP contribution in [0, 0.1) is 5.92 Å². The minimum atomic E-state index is 0.154. The van der Waals surface area contributed by atoms with E-state index < -0.39 is 0 Å². The molecule has 0 bridgehead atoms. The molecule has 0 aliphatic heterocycles. The summed E-state index contributed by atoms with van der Waals surface area (Å²) in [5.74, 6) is 0.406. The fourth-order valence-corrected chi connectivity index (χ4v) is 1.61. The minimum absolute atomic E-state index is 0.154. The Labute approximate surface area is 96.2 Å². The second-order valence-corrected chi connectivity index (χ2v) is 4.64. The summed E-state index contributed by atoms with van der Waals surface area (Å²) >= 11 is 0. The molecule has 1 fully saturated rings. The molecule has 1 saturated carbocycles. The van der Waals surface area contributed by atoms with Gasteiger partial charge in [-0.1, -0.05) is 6.07 Å². The largest absolute Gasteiger partial charge is 0.383 e. The van der Waals surface area contributed by atoms with Crippen molar-refractivity contribution < 1.29 is 4.79 Å². The highest BCUT2D eigenvalue weighted by molar-refractivity contribution is 5.94. The molecule has 1 aliphatic carbocycles. The SMILES string of the molecule is CC(C)Nc1cccc(NC(=O)C2CC2)c1. The predicted octanol–water partition coefficient (Wildman–Crippen LogP) is 2.86. The van der Waals surface area contributed by atoms with Crippen molar-refractivity contribution in [3.63, 3.8) is 0 Å². The summed E-state index contributed by atoms with van der Waals surface area (Å²) < 4.78 is 0. The first kappa shape index (κ1) is 11.0. The number of anilines is 2. The van der Waals surface area contributed by atoms with E-state index in [9.17, 15) is 4.79 Å². The Hall–Kier alpha value is -1.51. The summed E-state index contributed by atoms with van der Waals surface area (Å²) in [7, 11) is 0. The van der Waals surface area contributed by atoms with Gasteiger partial charge in [0.15, 0.2) is 0 Å². The maximum Gasteiger partial charge on any atom is 0.227 e. The lowest BCUT2D eigenvalue weighted by Gasteiger charge is -2.11. The summed E-state index contributed by atoms with van der Waals surface area (Å²) in [5, 5.41) is 6.25. The van der Waals surface area contributed by atoms with Crippen molar-refractivity contribution in [2.24, 2.45) is 5.92 Å². The van der Waals surface area contributed by atoms with Gasteiger partial charge in [-0.2, -0.15) is 0 Å². The van der Waals surface area contributed by atoms with Gasteiger partial charge in [-0.25, -0.2) is 0 Å². The van der Waals surface area contributed by atoms with E-state index in [0.717, 1.165) is 24.2 Å². The topological polar surface area (TPSA) is 41.1 Å². The second kappa shape index (κ2) is 4.56. The van der Waals surface area contributed by atoms with Gasteiger partial charge in [0.05, 0.1) is 0 Å². The fraction of sp³-hybridized carbons (Fsp3) is 0.462. The average molecular weight is 218 g/mol. The zero-order valence-electron chi connectivity index (χ0n) is 9.79. The van der Waals surface area contributed by atoms with E-state index in [1.165, 1.54) is 0 Å². The lowest BCUT2D eigenvalue weighted by atomic mass is 10.2. The van der Waals surface area contributed by atoms with Gasteiger partial charge in [-0.3, -0.25) is 4.79 Å². The first-order valence-electron chi connectivity index (χ1n) is 5.82. The van der Waals surface area contributed by atoms with E-state index in [1.54, 1.807) is 0 Å². The monoisotopic (exact) mass is 218 g/mol. The number of amides is 1. The molecule has 0 unspecified atom stereocenters. The molecule has 2 N–H and O–H groups in total. The van der Waals surface area contributed by atoms with Crippen molar-refractivity contribution >= 4 is 17.3 Å². The van der Waals surface area contributed by atoms with Crippen LogP contribution in [-0.2, 0) is 4.79 Å². The Balaban J connectivity index is 2.00. The van der Waals surface area contributed by atoms with Crippen molar-refractivity contribution in [1.82, 2.24) is 0 Å². The van der Waals surface area contributed by atoms with Gasteiger partial charge < -0.3 is 10.6 Å². The summed E-state index contributed by atoms with van der Waals surface area (Å²) in [5.41, 5.74) is 1.92. The number of hydrogen-bond donors (Lipinski definition) is 2. The number of rotatable bonds is 4. The molecule has 1 aliphatic rings. The number of hydrogen-bond acceptors (Lipinski definition) is 2. The molecule has 16 heavy (non-hydrogen) atoms. The third kappa shape index (κ3) is 2.99. The van der Waals surface area contributed by atoms with Crippen LogP contribution in [0.25, 0.3) is 0 Å². The van der Waals surface area contributed by atoms with Gasteiger partial charge in [0.2, 0.25) is 5.91 Å². The molecule has 0 spiro atoms. The summed E-state index contributed by atoms with van der Waals surface area (Å²) in [4.78, 5) is 11.6. The van der Waals surface area contributed by atoms with E-state index in [0.29, 0.717) is 6.04 Å². The van der Waals surface area contributed by atoms with Crippen molar-refractivity contribution in [2.45, 2.75) is 32.7 Å². The van der Waals surface area contributed by atoms with Crippen LogP contribution in [0.3, 0.4) is 0 Å². The van der Waals surface area contributed by atoms with Crippen LogP contribution in [0.15, 0.2) is 24.3 Å². The summed E-state index contributed by atoms with van der Waals surface area (Å²) in [6, 6.07) is 8.25. The molecule has 3 nitrogen and oxygen atoms in total. The van der Waals surface area contributed by atoms with Crippen molar-refractivity contribution in [1.29, 1.82) is 0 Å². The zero-order chi connectivity index (χ0) is 11.5. The van der Waals surface area contributed by atoms with Crippen LogP contribution >= 0.6 is 0 Å². The number of benzene rings is 1. The molecule has 1 aromatic carbocycles. The van der Waals surface area contributed by atoms with Gasteiger partial charge in [0, 0.05) is 23.3 Å². The molecule has 1 amide bonds. The van der Waals surface area contributed by atoms with E-state index in [4.69, 9.17) is 0 Å². The number of nitrogens with one attached hydrogen (secondary N) is 2. The zero-order valence-corrected chi connectivity index (χ0v) is 9.79. The molecule has 0 atom stereocenters. The van der Waals surface area contributed by atoms with Gasteiger partial charge in [0.1, 0.15) is 0 Å². The molecule has 2 rings (SSSR count). The van der Waals surface area contributed by atoms with Crippen LogP contribution < -0.4 is 10.6 Å². The van der Waals surface area contributed by atoms with Crippen molar-refractivity contribution in [2.75, 3.05) is 10.6 Å². The Morgan fingerprint density at radius 2 is 2.00 bits per heavy atom. The van der Waals surface area contributed by atoms with Crippen LogP contribution in [0.1, 0.15) is 26.7 Å². The maximum absolute atomic E-state index is 11.6. The molecule has 0 heterocycles. The Kier molecular flexibility index (Phi) is 3.13. The molecule has 0 radical (unpaired) electrons. The van der Waals surface area contributed by atoms with E-state index in [2.05, 4.69) is 24.5 Å². The molecular weight excluding hydrogens is 200 g/mol. The molecule has 1 aromatic rings. The van der Waals surface area contributed by atoms with E-state index in [1.807, 2.05) is 24.3 Å². The molecule has 3 heteroatoms. The highest BCUT2D eigenvalue weighted by atomic mass is 16.2. The first-order valence-corrected chi connectivity index (χ1v) is 5.82. The Morgan fingerprint density at radius 1 is 1.31 bits per heavy atom. The quantitative estimate of drug-likeness (QED) is 0.816. The average Bonchev–Trinajstić information content (AvgIpc) is 2.99. The third-order valence-corrected chi connectivity index (χ3v) is 2.53. The molecular formula is C13H18N2O. The maximum atomic E-state index is 11.6. The lowest BCUT2D eigenvalue weighted by molar-refractivity contribution is -0.117. The van der Waals surface area contributed by atoms with Gasteiger partial charge >= 0.3 is 0 Å². The van der Waals surface area contributed by atoms with E-state index in [-0.39, 0.29) is 11.8 Å². The van der Waals surface area contributed by atoms with Crippen molar-refractivity contribution in [3.8, 4) is 0 Å². The smallest absolute Gasteiger partial charge is 0.227 e. The Bertz CT molecular complexity index is 383. The van der Waals surface area contributed by atoms with Gasteiger partial charge in [-0.05, 0) is 44.9 Å². The number of carbonyl (C=O) groups excluding carboxylic acids is 1. The molecule has 86 valence electrons. The van der Waals surface area contributed by atoms with E-state index >= 15 is 0 Å². The standard InChI is InChI=1S/C13H18N2O/c1-9(2)14-11-4-3-5-12(8-11)15-13(16)10-6-7-10/h3-5,8-10,14H,6-7H2,1-2H3,(H,15,16). The second-order valence-electron chi connectivity index (χ2n) is 4.64. The highest BCUT2D eigenvalue weighted by Crippen LogP contribution is 2.30.